The Morgan fingerprint density at radius 3 is 2.39 bits per heavy atom. The minimum atomic E-state index is -1.52. The van der Waals surface area contributed by atoms with Crippen LogP contribution in [0.1, 0.15) is 20.3 Å². The molecular formula is C11H18N2O5. The van der Waals surface area contributed by atoms with E-state index in [2.05, 4.69) is 17.2 Å². The minimum Gasteiger partial charge on any atom is -0.479 e. The summed E-state index contributed by atoms with van der Waals surface area (Å²) < 4.78 is 0. The molecule has 0 aliphatic carbocycles. The van der Waals surface area contributed by atoms with Gasteiger partial charge in [-0.2, -0.15) is 0 Å². The van der Waals surface area contributed by atoms with Gasteiger partial charge in [0.25, 0.3) is 0 Å². The smallest absolute Gasteiger partial charge is 0.332 e. The average Bonchev–Trinajstić information content (AvgIpc) is 2.27. The molecule has 7 nitrogen and oxygen atoms in total. The molecule has 0 aliphatic rings. The van der Waals surface area contributed by atoms with Crippen molar-refractivity contribution in [2.24, 2.45) is 0 Å². The van der Waals surface area contributed by atoms with Crippen molar-refractivity contribution < 1.29 is 24.6 Å². The largest absolute Gasteiger partial charge is 0.479 e. The van der Waals surface area contributed by atoms with Gasteiger partial charge in [0.1, 0.15) is 5.54 Å². The molecule has 0 radical (unpaired) electrons. The third-order valence-corrected chi connectivity index (χ3v) is 2.18. The first-order chi connectivity index (χ1) is 8.20. The summed E-state index contributed by atoms with van der Waals surface area (Å²) in [7, 11) is 0. The summed E-state index contributed by atoms with van der Waals surface area (Å²) in [5, 5.41) is 22.3. The lowest BCUT2D eigenvalue weighted by Gasteiger charge is -2.24. The fourth-order valence-electron chi connectivity index (χ4n) is 1.08. The van der Waals surface area contributed by atoms with E-state index in [4.69, 9.17) is 10.2 Å². The van der Waals surface area contributed by atoms with Crippen molar-refractivity contribution in [3.05, 3.63) is 12.7 Å². The van der Waals surface area contributed by atoms with E-state index < -0.39 is 29.4 Å². The number of rotatable bonds is 7. The van der Waals surface area contributed by atoms with Crippen LogP contribution in [0.5, 0.6) is 0 Å². The van der Waals surface area contributed by atoms with Gasteiger partial charge in [0.05, 0.1) is 0 Å². The van der Waals surface area contributed by atoms with Crippen LogP contribution in [0.3, 0.4) is 0 Å². The molecule has 0 heterocycles. The minimum absolute atomic E-state index is 0.000308. The molecule has 0 saturated carbocycles. The second-order valence-corrected chi connectivity index (χ2v) is 4.22. The zero-order chi connectivity index (χ0) is 14.3. The van der Waals surface area contributed by atoms with E-state index in [1.807, 2.05) is 0 Å². The molecule has 0 unspecified atom stereocenters. The van der Waals surface area contributed by atoms with Gasteiger partial charge >= 0.3 is 5.97 Å². The highest BCUT2D eigenvalue weighted by atomic mass is 16.4. The summed E-state index contributed by atoms with van der Waals surface area (Å²) in [6.45, 7) is 6.26. The van der Waals surface area contributed by atoms with Crippen molar-refractivity contribution in [3.8, 4) is 0 Å². The van der Waals surface area contributed by atoms with Crippen molar-refractivity contribution >= 4 is 17.8 Å². The van der Waals surface area contributed by atoms with Crippen LogP contribution in [0.4, 0.5) is 0 Å². The van der Waals surface area contributed by atoms with E-state index in [9.17, 15) is 14.4 Å². The third-order valence-electron chi connectivity index (χ3n) is 2.18. The molecule has 0 aromatic heterocycles. The zero-order valence-electron chi connectivity index (χ0n) is 10.4. The standard InChI is InChI=1S/C11H18N2O5/c1-4-8(15)13-11(2,3)10(18)12-6-5-7(14)9(16)17/h4,7,14H,1,5-6H2,2-3H3,(H,12,18)(H,13,15)(H,16,17)/t7-/m0/s1. The molecular weight excluding hydrogens is 240 g/mol. The van der Waals surface area contributed by atoms with Crippen molar-refractivity contribution in [2.45, 2.75) is 31.9 Å². The molecule has 0 saturated heterocycles. The van der Waals surface area contributed by atoms with E-state index in [0.717, 1.165) is 6.08 Å². The zero-order valence-corrected chi connectivity index (χ0v) is 10.4. The lowest BCUT2D eigenvalue weighted by atomic mass is 10.0. The van der Waals surface area contributed by atoms with Crippen LogP contribution in [-0.4, -0.2) is 46.2 Å². The van der Waals surface area contributed by atoms with Gasteiger partial charge in [0.2, 0.25) is 11.8 Å². The number of nitrogens with one attached hydrogen (secondary N) is 2. The summed E-state index contributed by atoms with van der Waals surface area (Å²) in [6.07, 6.45) is -0.577. The van der Waals surface area contributed by atoms with Crippen LogP contribution in [-0.2, 0) is 14.4 Å². The number of hydrogen-bond acceptors (Lipinski definition) is 4. The maximum atomic E-state index is 11.7. The Hall–Kier alpha value is -1.89. The number of aliphatic hydroxyl groups is 1. The number of aliphatic carboxylic acids is 1. The van der Waals surface area contributed by atoms with Crippen LogP contribution in [0.15, 0.2) is 12.7 Å². The Morgan fingerprint density at radius 2 is 1.94 bits per heavy atom. The van der Waals surface area contributed by atoms with Crippen LogP contribution in [0, 0.1) is 0 Å². The average molecular weight is 258 g/mol. The maximum Gasteiger partial charge on any atom is 0.332 e. The summed E-state index contributed by atoms with van der Waals surface area (Å²) in [6, 6.07) is 0. The molecule has 0 bridgehead atoms. The molecule has 2 amide bonds. The van der Waals surface area contributed by atoms with E-state index in [0.29, 0.717) is 0 Å². The van der Waals surface area contributed by atoms with E-state index in [1.54, 1.807) is 0 Å². The predicted molar refractivity (Wildman–Crippen MR) is 63.7 cm³/mol. The van der Waals surface area contributed by atoms with Gasteiger partial charge in [0, 0.05) is 13.0 Å². The van der Waals surface area contributed by atoms with Crippen LogP contribution in [0.25, 0.3) is 0 Å². The quantitative estimate of drug-likeness (QED) is 0.438. The molecule has 0 rings (SSSR count). The van der Waals surface area contributed by atoms with Crippen LogP contribution in [0.2, 0.25) is 0 Å². The molecule has 0 aliphatic heterocycles. The monoisotopic (exact) mass is 258 g/mol. The fourth-order valence-corrected chi connectivity index (χ4v) is 1.08. The number of amides is 2. The van der Waals surface area contributed by atoms with Gasteiger partial charge < -0.3 is 20.8 Å². The highest BCUT2D eigenvalue weighted by Crippen LogP contribution is 2.02. The van der Waals surface area contributed by atoms with Gasteiger partial charge in [-0.15, -0.1) is 0 Å². The Kier molecular flexibility index (Phi) is 6.04. The van der Waals surface area contributed by atoms with Gasteiger partial charge in [-0.05, 0) is 19.9 Å². The number of carboxylic acids is 1. The lowest BCUT2D eigenvalue weighted by Crippen LogP contribution is -2.54. The van der Waals surface area contributed by atoms with Crippen molar-refractivity contribution in [2.75, 3.05) is 6.54 Å². The molecule has 1 atom stereocenters. The normalized spacial score (nSPS) is 12.4. The first-order valence-corrected chi connectivity index (χ1v) is 5.34. The Bertz CT molecular complexity index is 351. The van der Waals surface area contributed by atoms with E-state index in [1.165, 1.54) is 13.8 Å². The summed E-state index contributed by atoms with van der Waals surface area (Å²) in [5.74, 6) is -2.31. The maximum absolute atomic E-state index is 11.7. The second kappa shape index (κ2) is 6.75. The molecule has 0 aromatic rings. The summed E-state index contributed by atoms with van der Waals surface area (Å²) in [5.41, 5.74) is -1.14. The van der Waals surface area contributed by atoms with Crippen molar-refractivity contribution in [1.82, 2.24) is 10.6 Å². The van der Waals surface area contributed by atoms with Crippen LogP contribution < -0.4 is 10.6 Å². The fraction of sp³-hybridized carbons (Fsp3) is 0.545. The van der Waals surface area contributed by atoms with Crippen molar-refractivity contribution in [3.63, 3.8) is 0 Å². The van der Waals surface area contributed by atoms with Gasteiger partial charge in [-0.3, -0.25) is 9.59 Å². The Labute approximate surface area is 105 Å². The SMILES string of the molecule is C=CC(=O)NC(C)(C)C(=O)NCC[C@H](O)C(=O)O. The first-order valence-electron chi connectivity index (χ1n) is 5.34. The molecule has 18 heavy (non-hydrogen) atoms. The third kappa shape index (κ3) is 5.44. The number of carboxylic acid groups (broad SMARTS) is 1. The lowest BCUT2D eigenvalue weighted by molar-refractivity contribution is -0.147. The highest BCUT2D eigenvalue weighted by Gasteiger charge is 2.28. The van der Waals surface area contributed by atoms with E-state index in [-0.39, 0.29) is 13.0 Å². The van der Waals surface area contributed by atoms with Gasteiger partial charge in [0.15, 0.2) is 6.10 Å². The van der Waals surface area contributed by atoms with E-state index >= 15 is 0 Å². The molecule has 0 fully saturated rings. The highest BCUT2D eigenvalue weighted by molar-refractivity contribution is 5.94. The molecule has 7 heteroatoms. The molecule has 4 N–H and O–H groups in total. The molecule has 102 valence electrons. The summed E-state index contributed by atoms with van der Waals surface area (Å²) >= 11 is 0. The molecule has 0 aromatic carbocycles. The van der Waals surface area contributed by atoms with Gasteiger partial charge in [-0.25, -0.2) is 4.79 Å². The Morgan fingerprint density at radius 1 is 1.39 bits per heavy atom. The summed E-state index contributed by atoms with van der Waals surface area (Å²) in [4.78, 5) is 33.1. The number of carbonyl (C=O) groups is 3. The number of hydrogen-bond donors (Lipinski definition) is 4. The topological polar surface area (TPSA) is 116 Å². The van der Waals surface area contributed by atoms with Gasteiger partial charge in [-0.1, -0.05) is 6.58 Å². The van der Waals surface area contributed by atoms with Crippen LogP contribution >= 0.6 is 0 Å². The van der Waals surface area contributed by atoms with Crippen molar-refractivity contribution in [1.29, 1.82) is 0 Å². The number of aliphatic hydroxyl groups excluding tert-OH is 1. The first kappa shape index (κ1) is 16.1. The predicted octanol–water partition coefficient (Wildman–Crippen LogP) is -0.981. The Balaban J connectivity index is 4.19. The number of carbonyl (C=O) groups excluding carboxylic acids is 2. The second-order valence-electron chi connectivity index (χ2n) is 4.22. The molecule has 0 spiro atoms.